The van der Waals surface area contributed by atoms with Gasteiger partial charge in [0.15, 0.2) is 0 Å². The van der Waals surface area contributed by atoms with Crippen molar-refractivity contribution in [1.82, 2.24) is 5.32 Å². The summed E-state index contributed by atoms with van der Waals surface area (Å²) in [6.07, 6.45) is 4.34. The Bertz CT molecular complexity index is 413. The number of aliphatic hydroxyl groups excluding tert-OH is 1. The quantitative estimate of drug-likeness (QED) is 0.706. The van der Waals surface area contributed by atoms with E-state index in [9.17, 15) is 5.11 Å². The second kappa shape index (κ2) is 6.40. The molecule has 0 saturated heterocycles. The van der Waals surface area contributed by atoms with Gasteiger partial charge in [0.05, 0.1) is 7.11 Å². The van der Waals surface area contributed by atoms with E-state index in [0.29, 0.717) is 6.61 Å². The third-order valence-corrected chi connectivity index (χ3v) is 4.12. The van der Waals surface area contributed by atoms with Crippen molar-refractivity contribution in [2.24, 2.45) is 5.41 Å². The van der Waals surface area contributed by atoms with Crippen LogP contribution in [0.15, 0.2) is 18.2 Å². The van der Waals surface area contributed by atoms with E-state index in [1.54, 1.807) is 7.11 Å². The van der Waals surface area contributed by atoms with E-state index in [0.717, 1.165) is 44.5 Å². The molecule has 1 aliphatic rings. The Balaban J connectivity index is 1.84. The fourth-order valence-electron chi connectivity index (χ4n) is 2.39. The predicted molar refractivity (Wildman–Crippen MR) is 77.7 cm³/mol. The van der Waals surface area contributed by atoms with Crippen molar-refractivity contribution in [3.63, 3.8) is 0 Å². The second-order valence-electron chi connectivity index (χ2n) is 5.58. The van der Waals surface area contributed by atoms with E-state index in [2.05, 4.69) is 30.4 Å². The molecule has 19 heavy (non-hydrogen) atoms. The minimum Gasteiger partial charge on any atom is -0.496 e. The molecule has 1 saturated carbocycles. The Hall–Kier alpha value is -1.06. The maximum absolute atomic E-state index is 9.26. The van der Waals surface area contributed by atoms with Crippen LogP contribution in [0.1, 0.15) is 30.9 Å². The Morgan fingerprint density at radius 3 is 2.74 bits per heavy atom. The monoisotopic (exact) mass is 263 g/mol. The predicted octanol–water partition coefficient (Wildman–Crippen LogP) is 2.16. The Kier molecular flexibility index (Phi) is 4.83. The Morgan fingerprint density at radius 1 is 1.37 bits per heavy atom. The van der Waals surface area contributed by atoms with Crippen LogP contribution in [0.2, 0.25) is 0 Å². The molecule has 0 spiro atoms. The fraction of sp³-hybridized carbons (Fsp3) is 0.625. The molecule has 1 aromatic carbocycles. The van der Waals surface area contributed by atoms with Crippen LogP contribution in [0.5, 0.6) is 5.75 Å². The van der Waals surface area contributed by atoms with E-state index in [1.165, 1.54) is 11.1 Å². The number of ether oxygens (including phenoxy) is 1. The molecule has 0 aromatic heterocycles. The van der Waals surface area contributed by atoms with Gasteiger partial charge in [-0.25, -0.2) is 0 Å². The molecule has 1 aliphatic carbocycles. The van der Waals surface area contributed by atoms with Crippen LogP contribution in [-0.4, -0.2) is 31.9 Å². The molecule has 0 bridgehead atoms. The molecule has 2 N–H and O–H groups in total. The third-order valence-electron chi connectivity index (χ3n) is 4.12. The standard InChI is InChI=1S/C16H25NO2/c1-3-13-4-5-15(19-2)14(10-13)6-9-17-11-16(12-18)7-8-16/h4-5,10,17-18H,3,6-9,11-12H2,1-2H3. The molecule has 106 valence electrons. The highest BCUT2D eigenvalue weighted by Crippen LogP contribution is 2.44. The van der Waals surface area contributed by atoms with Crippen LogP contribution in [0.3, 0.4) is 0 Å². The summed E-state index contributed by atoms with van der Waals surface area (Å²) in [6, 6.07) is 6.42. The summed E-state index contributed by atoms with van der Waals surface area (Å²) in [6.45, 7) is 4.35. The number of rotatable bonds is 8. The van der Waals surface area contributed by atoms with Gasteiger partial charge in [0.2, 0.25) is 0 Å². The summed E-state index contributed by atoms with van der Waals surface area (Å²) in [5.41, 5.74) is 2.81. The topological polar surface area (TPSA) is 41.5 Å². The Labute approximate surface area is 116 Å². The van der Waals surface area contributed by atoms with Gasteiger partial charge >= 0.3 is 0 Å². The van der Waals surface area contributed by atoms with Crippen LogP contribution in [0.25, 0.3) is 0 Å². The molecule has 0 heterocycles. The van der Waals surface area contributed by atoms with Gasteiger partial charge < -0.3 is 15.2 Å². The van der Waals surface area contributed by atoms with Gasteiger partial charge in [-0.2, -0.15) is 0 Å². The van der Waals surface area contributed by atoms with Gasteiger partial charge in [0, 0.05) is 18.6 Å². The summed E-state index contributed by atoms with van der Waals surface area (Å²) in [5.74, 6) is 0.974. The SMILES string of the molecule is CCc1ccc(OC)c(CCNCC2(CO)CC2)c1. The molecule has 0 aliphatic heterocycles. The van der Waals surface area contributed by atoms with E-state index < -0.39 is 0 Å². The molecule has 3 heteroatoms. The second-order valence-corrected chi connectivity index (χ2v) is 5.58. The molecular formula is C16H25NO2. The highest BCUT2D eigenvalue weighted by Gasteiger charge is 2.41. The largest absolute Gasteiger partial charge is 0.496 e. The first kappa shape index (κ1) is 14.4. The molecular weight excluding hydrogens is 238 g/mol. The molecule has 0 radical (unpaired) electrons. The van der Waals surface area contributed by atoms with Crippen LogP contribution < -0.4 is 10.1 Å². The summed E-state index contributed by atoms with van der Waals surface area (Å²) in [7, 11) is 1.73. The van der Waals surface area contributed by atoms with Crippen LogP contribution in [-0.2, 0) is 12.8 Å². The van der Waals surface area contributed by atoms with Gasteiger partial charge in [-0.15, -0.1) is 0 Å². The van der Waals surface area contributed by atoms with Crippen molar-refractivity contribution in [3.05, 3.63) is 29.3 Å². The third kappa shape index (κ3) is 3.71. The minimum atomic E-state index is 0.190. The first-order valence-electron chi connectivity index (χ1n) is 7.20. The summed E-state index contributed by atoms with van der Waals surface area (Å²) >= 11 is 0. The molecule has 1 fully saturated rings. The van der Waals surface area contributed by atoms with Gasteiger partial charge in [0.1, 0.15) is 5.75 Å². The van der Waals surface area contributed by atoms with Gasteiger partial charge in [-0.3, -0.25) is 0 Å². The van der Waals surface area contributed by atoms with Crippen molar-refractivity contribution in [2.45, 2.75) is 32.6 Å². The smallest absolute Gasteiger partial charge is 0.122 e. The molecule has 1 aromatic rings. The summed E-state index contributed by atoms with van der Waals surface area (Å²) in [5, 5.41) is 12.7. The van der Waals surface area contributed by atoms with E-state index in [1.807, 2.05) is 0 Å². The number of hydrogen-bond donors (Lipinski definition) is 2. The average Bonchev–Trinajstić information content (AvgIpc) is 3.24. The lowest BCUT2D eigenvalue weighted by Gasteiger charge is -2.14. The highest BCUT2D eigenvalue weighted by molar-refractivity contribution is 5.37. The highest BCUT2D eigenvalue weighted by atomic mass is 16.5. The van der Waals surface area contributed by atoms with Gasteiger partial charge in [-0.05, 0) is 49.4 Å². The normalized spacial score (nSPS) is 16.4. The lowest BCUT2D eigenvalue weighted by atomic mass is 10.0. The van der Waals surface area contributed by atoms with Crippen molar-refractivity contribution >= 4 is 0 Å². The van der Waals surface area contributed by atoms with Crippen molar-refractivity contribution < 1.29 is 9.84 Å². The average molecular weight is 263 g/mol. The first-order chi connectivity index (χ1) is 9.23. The number of nitrogens with one attached hydrogen (secondary N) is 1. The number of aliphatic hydroxyl groups is 1. The van der Waals surface area contributed by atoms with Crippen molar-refractivity contribution in [1.29, 1.82) is 0 Å². The number of benzene rings is 1. The van der Waals surface area contributed by atoms with Gasteiger partial charge in [-0.1, -0.05) is 19.1 Å². The molecule has 0 unspecified atom stereocenters. The number of aryl methyl sites for hydroxylation is 1. The Morgan fingerprint density at radius 2 is 2.16 bits per heavy atom. The van der Waals surface area contributed by atoms with Crippen molar-refractivity contribution in [2.75, 3.05) is 26.8 Å². The van der Waals surface area contributed by atoms with E-state index in [4.69, 9.17) is 4.74 Å². The van der Waals surface area contributed by atoms with Gasteiger partial charge in [0.25, 0.3) is 0 Å². The van der Waals surface area contributed by atoms with Crippen LogP contribution >= 0.6 is 0 Å². The van der Waals surface area contributed by atoms with E-state index >= 15 is 0 Å². The zero-order valence-electron chi connectivity index (χ0n) is 12.0. The van der Waals surface area contributed by atoms with Crippen LogP contribution in [0, 0.1) is 5.41 Å². The molecule has 0 atom stereocenters. The molecule has 3 nitrogen and oxygen atoms in total. The fourth-order valence-corrected chi connectivity index (χ4v) is 2.39. The lowest BCUT2D eigenvalue weighted by molar-refractivity contribution is 0.208. The molecule has 2 rings (SSSR count). The molecule has 0 amide bonds. The van der Waals surface area contributed by atoms with E-state index in [-0.39, 0.29) is 5.41 Å². The number of hydrogen-bond acceptors (Lipinski definition) is 3. The maximum atomic E-state index is 9.26. The number of methoxy groups -OCH3 is 1. The maximum Gasteiger partial charge on any atom is 0.122 e. The zero-order valence-corrected chi connectivity index (χ0v) is 12.0. The first-order valence-corrected chi connectivity index (χ1v) is 7.20. The lowest BCUT2D eigenvalue weighted by Crippen LogP contribution is -2.28. The van der Waals surface area contributed by atoms with Crippen LogP contribution in [0.4, 0.5) is 0 Å². The minimum absolute atomic E-state index is 0.190. The zero-order chi connectivity index (χ0) is 13.7. The summed E-state index contributed by atoms with van der Waals surface area (Å²) < 4.78 is 5.41. The van der Waals surface area contributed by atoms with Crippen molar-refractivity contribution in [3.8, 4) is 5.75 Å². The summed E-state index contributed by atoms with van der Waals surface area (Å²) in [4.78, 5) is 0.